The maximum Gasteiger partial charge on any atom is 0.0702 e. The Kier molecular flexibility index (Phi) is 2.93. The molecule has 17 heavy (non-hydrogen) atoms. The molecule has 2 aliphatic heterocycles. The first-order valence-electron chi connectivity index (χ1n) is 6.68. The molecule has 0 saturated carbocycles. The van der Waals surface area contributed by atoms with Gasteiger partial charge in [0.15, 0.2) is 0 Å². The van der Waals surface area contributed by atoms with Crippen LogP contribution in [-0.2, 0) is 11.2 Å². The summed E-state index contributed by atoms with van der Waals surface area (Å²) in [5.74, 6) is 0.720. The van der Waals surface area contributed by atoms with Crippen molar-refractivity contribution >= 4 is 0 Å². The Balaban J connectivity index is 1.71. The van der Waals surface area contributed by atoms with E-state index in [-0.39, 0.29) is 5.60 Å². The molecule has 0 aromatic heterocycles. The van der Waals surface area contributed by atoms with Crippen molar-refractivity contribution in [3.8, 4) is 0 Å². The zero-order chi connectivity index (χ0) is 11.7. The number of hydrogen-bond donors (Lipinski definition) is 1. The van der Waals surface area contributed by atoms with Crippen LogP contribution in [0.25, 0.3) is 0 Å². The van der Waals surface area contributed by atoms with Gasteiger partial charge in [0.1, 0.15) is 0 Å². The number of nitrogens with one attached hydrogen (secondary N) is 1. The summed E-state index contributed by atoms with van der Waals surface area (Å²) in [6.45, 7) is 4.52. The van der Waals surface area contributed by atoms with E-state index in [2.05, 4.69) is 42.6 Å². The fourth-order valence-electron chi connectivity index (χ4n) is 3.37. The fourth-order valence-corrected chi connectivity index (χ4v) is 3.37. The van der Waals surface area contributed by atoms with Crippen molar-refractivity contribution < 1.29 is 4.74 Å². The van der Waals surface area contributed by atoms with Crippen molar-refractivity contribution in [2.75, 3.05) is 13.1 Å². The number of ether oxygens (including phenoxy) is 1. The second kappa shape index (κ2) is 4.43. The van der Waals surface area contributed by atoms with Crippen LogP contribution in [0.2, 0.25) is 0 Å². The molecule has 2 nitrogen and oxygen atoms in total. The normalized spacial score (nSPS) is 36.8. The second-order valence-corrected chi connectivity index (χ2v) is 5.73. The standard InChI is InChI=1S/C15H21NO/c1-15(9-12-5-3-2-4-6-12)10-13-11-16-8-7-14(13)17-15/h2-6,13-14,16H,7-11H2,1H3/t13-,14+,15+/m1/s1. The van der Waals surface area contributed by atoms with E-state index < -0.39 is 0 Å². The van der Waals surface area contributed by atoms with E-state index in [1.54, 1.807) is 0 Å². The summed E-state index contributed by atoms with van der Waals surface area (Å²) >= 11 is 0. The average molecular weight is 231 g/mol. The van der Waals surface area contributed by atoms with Crippen LogP contribution in [0.5, 0.6) is 0 Å². The minimum atomic E-state index is 0.0444. The average Bonchev–Trinajstić information content (AvgIpc) is 2.66. The molecule has 2 heterocycles. The lowest BCUT2D eigenvalue weighted by Gasteiger charge is -2.26. The Morgan fingerprint density at radius 1 is 1.35 bits per heavy atom. The molecule has 0 unspecified atom stereocenters. The quantitative estimate of drug-likeness (QED) is 0.844. The Morgan fingerprint density at radius 3 is 2.94 bits per heavy atom. The van der Waals surface area contributed by atoms with Gasteiger partial charge in [0.2, 0.25) is 0 Å². The van der Waals surface area contributed by atoms with Crippen molar-refractivity contribution in [3.05, 3.63) is 35.9 Å². The highest BCUT2D eigenvalue weighted by Crippen LogP contribution is 2.39. The zero-order valence-corrected chi connectivity index (χ0v) is 10.5. The van der Waals surface area contributed by atoms with Gasteiger partial charge in [-0.3, -0.25) is 0 Å². The molecule has 2 heteroatoms. The number of rotatable bonds is 2. The molecule has 1 aromatic carbocycles. The summed E-state index contributed by atoms with van der Waals surface area (Å²) in [4.78, 5) is 0. The molecule has 1 N–H and O–H groups in total. The molecule has 2 fully saturated rings. The van der Waals surface area contributed by atoms with E-state index in [1.807, 2.05) is 0 Å². The van der Waals surface area contributed by atoms with Crippen LogP contribution in [-0.4, -0.2) is 24.8 Å². The highest BCUT2D eigenvalue weighted by atomic mass is 16.5. The van der Waals surface area contributed by atoms with E-state index in [9.17, 15) is 0 Å². The molecule has 1 aromatic rings. The molecular weight excluding hydrogens is 210 g/mol. The summed E-state index contributed by atoms with van der Waals surface area (Å²) in [5, 5.41) is 3.48. The maximum atomic E-state index is 6.32. The topological polar surface area (TPSA) is 21.3 Å². The molecule has 2 aliphatic rings. The number of hydrogen-bond acceptors (Lipinski definition) is 2. The minimum Gasteiger partial charge on any atom is -0.371 e. The first-order chi connectivity index (χ1) is 8.25. The molecule has 0 spiro atoms. The Labute approximate surface area is 103 Å². The smallest absolute Gasteiger partial charge is 0.0702 e. The Bertz CT molecular complexity index is 362. The summed E-state index contributed by atoms with van der Waals surface area (Å²) in [7, 11) is 0. The van der Waals surface area contributed by atoms with Gasteiger partial charge in [-0.1, -0.05) is 30.3 Å². The van der Waals surface area contributed by atoms with Crippen LogP contribution in [0.4, 0.5) is 0 Å². The van der Waals surface area contributed by atoms with Gasteiger partial charge in [-0.15, -0.1) is 0 Å². The summed E-state index contributed by atoms with van der Waals surface area (Å²) in [5.41, 5.74) is 1.43. The van der Waals surface area contributed by atoms with Crippen LogP contribution in [0.1, 0.15) is 25.3 Å². The number of piperidine rings is 1. The monoisotopic (exact) mass is 231 g/mol. The molecule has 3 atom stereocenters. The zero-order valence-electron chi connectivity index (χ0n) is 10.5. The predicted octanol–water partition coefficient (Wildman–Crippen LogP) is 2.39. The van der Waals surface area contributed by atoms with E-state index >= 15 is 0 Å². The summed E-state index contributed by atoms with van der Waals surface area (Å²) in [6, 6.07) is 10.7. The van der Waals surface area contributed by atoms with Gasteiger partial charge in [-0.25, -0.2) is 0 Å². The van der Waals surface area contributed by atoms with Gasteiger partial charge in [-0.05, 0) is 31.9 Å². The molecule has 92 valence electrons. The van der Waals surface area contributed by atoms with Crippen molar-refractivity contribution in [3.63, 3.8) is 0 Å². The fraction of sp³-hybridized carbons (Fsp3) is 0.600. The minimum absolute atomic E-state index is 0.0444. The molecule has 2 saturated heterocycles. The van der Waals surface area contributed by atoms with E-state index in [0.29, 0.717) is 6.10 Å². The van der Waals surface area contributed by atoms with Gasteiger partial charge in [0, 0.05) is 18.9 Å². The Hall–Kier alpha value is -0.860. The van der Waals surface area contributed by atoms with Crippen LogP contribution in [0.3, 0.4) is 0 Å². The second-order valence-electron chi connectivity index (χ2n) is 5.73. The van der Waals surface area contributed by atoms with Crippen molar-refractivity contribution in [1.29, 1.82) is 0 Å². The van der Waals surface area contributed by atoms with Crippen molar-refractivity contribution in [1.82, 2.24) is 5.32 Å². The van der Waals surface area contributed by atoms with Gasteiger partial charge in [0.05, 0.1) is 11.7 Å². The van der Waals surface area contributed by atoms with E-state index in [0.717, 1.165) is 25.4 Å². The van der Waals surface area contributed by atoms with E-state index in [1.165, 1.54) is 18.4 Å². The third-order valence-electron chi connectivity index (χ3n) is 4.09. The first kappa shape index (κ1) is 11.2. The Morgan fingerprint density at radius 2 is 2.18 bits per heavy atom. The van der Waals surface area contributed by atoms with Crippen LogP contribution in [0, 0.1) is 5.92 Å². The van der Waals surface area contributed by atoms with Gasteiger partial charge in [0.25, 0.3) is 0 Å². The lowest BCUT2D eigenvalue weighted by molar-refractivity contribution is -0.0389. The molecular formula is C15H21NO. The molecule has 3 rings (SSSR count). The summed E-state index contributed by atoms with van der Waals surface area (Å²) in [6.07, 6.45) is 3.90. The third kappa shape index (κ3) is 2.38. The lowest BCUT2D eigenvalue weighted by Crippen LogP contribution is -2.37. The van der Waals surface area contributed by atoms with Crippen LogP contribution < -0.4 is 5.32 Å². The van der Waals surface area contributed by atoms with Gasteiger partial charge < -0.3 is 10.1 Å². The molecule has 0 bridgehead atoms. The molecule has 0 amide bonds. The van der Waals surface area contributed by atoms with Crippen molar-refractivity contribution in [2.45, 2.75) is 37.9 Å². The van der Waals surface area contributed by atoms with Crippen LogP contribution >= 0.6 is 0 Å². The highest BCUT2D eigenvalue weighted by Gasteiger charge is 2.43. The number of fused-ring (bicyclic) bond motifs is 1. The highest BCUT2D eigenvalue weighted by molar-refractivity contribution is 5.17. The molecule has 0 aliphatic carbocycles. The maximum absolute atomic E-state index is 6.32. The van der Waals surface area contributed by atoms with Gasteiger partial charge in [-0.2, -0.15) is 0 Å². The lowest BCUT2D eigenvalue weighted by atomic mass is 9.86. The summed E-state index contributed by atoms with van der Waals surface area (Å²) < 4.78 is 6.32. The molecule has 0 radical (unpaired) electrons. The first-order valence-corrected chi connectivity index (χ1v) is 6.68. The SMILES string of the molecule is C[C@]1(Cc2ccccc2)C[C@@H]2CNCC[C@@H]2O1. The third-order valence-corrected chi connectivity index (χ3v) is 4.09. The van der Waals surface area contributed by atoms with E-state index in [4.69, 9.17) is 4.74 Å². The van der Waals surface area contributed by atoms with Crippen molar-refractivity contribution in [2.24, 2.45) is 5.92 Å². The predicted molar refractivity (Wildman–Crippen MR) is 69.0 cm³/mol. The van der Waals surface area contributed by atoms with Gasteiger partial charge >= 0.3 is 0 Å². The number of benzene rings is 1. The largest absolute Gasteiger partial charge is 0.371 e. The van der Waals surface area contributed by atoms with Crippen LogP contribution in [0.15, 0.2) is 30.3 Å².